The summed E-state index contributed by atoms with van der Waals surface area (Å²) in [6.07, 6.45) is 5.44. The van der Waals surface area contributed by atoms with Gasteiger partial charge in [0.05, 0.1) is 6.07 Å². The highest BCUT2D eigenvalue weighted by Gasteiger charge is 2.28. The number of hydrogen-bond donors (Lipinski definition) is 1. The molecule has 0 saturated carbocycles. The van der Waals surface area contributed by atoms with Crippen LogP contribution in [0.2, 0.25) is 0 Å². The van der Waals surface area contributed by atoms with E-state index in [1.165, 1.54) is 19.5 Å². The summed E-state index contributed by atoms with van der Waals surface area (Å²) in [5, 5.41) is 12.9. The molecule has 0 amide bonds. The van der Waals surface area contributed by atoms with Gasteiger partial charge >= 0.3 is 0 Å². The lowest BCUT2D eigenvalue weighted by Crippen LogP contribution is -2.44. The molecule has 0 radical (unpaired) electrons. The summed E-state index contributed by atoms with van der Waals surface area (Å²) in [5.74, 6) is 1.68. The molecule has 3 heteroatoms. The van der Waals surface area contributed by atoms with Gasteiger partial charge < -0.3 is 4.90 Å². The normalized spacial score (nSPS) is 22.9. The number of hydrogen-bond acceptors (Lipinski definition) is 3. The quantitative estimate of drug-likeness (QED) is 0.703. The van der Waals surface area contributed by atoms with Crippen LogP contribution in [0.3, 0.4) is 0 Å². The fourth-order valence-electron chi connectivity index (χ4n) is 3.14. The molecular formula is C17H33N3. The van der Waals surface area contributed by atoms with Crippen molar-refractivity contribution >= 4 is 0 Å². The maximum Gasteiger partial charge on any atom is 0.106 e. The van der Waals surface area contributed by atoms with Gasteiger partial charge in [-0.2, -0.15) is 5.26 Å². The minimum Gasteiger partial charge on any atom is -0.303 e. The fraction of sp³-hybridized carbons (Fsp3) is 0.941. The highest BCUT2D eigenvalue weighted by atomic mass is 15.1. The molecule has 3 nitrogen and oxygen atoms in total. The molecule has 1 saturated heterocycles. The topological polar surface area (TPSA) is 39.1 Å². The van der Waals surface area contributed by atoms with E-state index in [-0.39, 0.29) is 5.54 Å². The van der Waals surface area contributed by atoms with Gasteiger partial charge in [0, 0.05) is 6.54 Å². The van der Waals surface area contributed by atoms with E-state index in [2.05, 4.69) is 44.0 Å². The van der Waals surface area contributed by atoms with Crippen LogP contribution in [0.25, 0.3) is 0 Å². The fourth-order valence-corrected chi connectivity index (χ4v) is 3.14. The molecule has 1 N–H and O–H groups in total. The average Bonchev–Trinajstić information content (AvgIpc) is 2.92. The summed E-state index contributed by atoms with van der Waals surface area (Å²) < 4.78 is 0. The molecule has 1 fully saturated rings. The van der Waals surface area contributed by atoms with E-state index in [0.717, 1.165) is 50.6 Å². The van der Waals surface area contributed by atoms with Gasteiger partial charge in [0.15, 0.2) is 0 Å². The summed E-state index contributed by atoms with van der Waals surface area (Å²) in [6, 6.07) is 2.52. The minimum absolute atomic E-state index is 0.298. The highest BCUT2D eigenvalue weighted by Crippen LogP contribution is 2.24. The van der Waals surface area contributed by atoms with Crippen LogP contribution in [0.15, 0.2) is 0 Å². The molecule has 0 aromatic rings. The molecule has 20 heavy (non-hydrogen) atoms. The Morgan fingerprint density at radius 1 is 1.40 bits per heavy atom. The minimum atomic E-state index is -0.298. The second-order valence-electron chi connectivity index (χ2n) is 6.67. The van der Waals surface area contributed by atoms with Gasteiger partial charge in [0.2, 0.25) is 0 Å². The monoisotopic (exact) mass is 279 g/mol. The van der Waals surface area contributed by atoms with Crippen molar-refractivity contribution in [2.75, 3.05) is 26.2 Å². The zero-order valence-corrected chi connectivity index (χ0v) is 13.9. The maximum absolute atomic E-state index is 9.48. The Hall–Kier alpha value is -0.590. The smallest absolute Gasteiger partial charge is 0.106 e. The predicted octanol–water partition coefficient (Wildman–Crippen LogP) is 3.42. The molecule has 116 valence electrons. The van der Waals surface area contributed by atoms with Crippen LogP contribution in [0, 0.1) is 23.2 Å². The van der Waals surface area contributed by atoms with Gasteiger partial charge in [0.1, 0.15) is 5.54 Å². The second kappa shape index (κ2) is 8.64. The van der Waals surface area contributed by atoms with E-state index in [9.17, 15) is 5.26 Å². The lowest BCUT2D eigenvalue weighted by molar-refractivity contribution is 0.277. The Balaban J connectivity index is 2.33. The summed E-state index contributed by atoms with van der Waals surface area (Å²) in [6.45, 7) is 13.5. The molecule has 0 bridgehead atoms. The number of nitrogens with one attached hydrogen (secondary N) is 1. The van der Waals surface area contributed by atoms with Crippen molar-refractivity contribution in [1.29, 1.82) is 5.26 Å². The van der Waals surface area contributed by atoms with Crippen LogP contribution in [0.1, 0.15) is 59.8 Å². The first-order valence-electron chi connectivity index (χ1n) is 8.45. The van der Waals surface area contributed by atoms with Crippen molar-refractivity contribution in [2.45, 2.75) is 65.3 Å². The molecule has 1 aliphatic rings. The Labute approximate surface area is 125 Å². The van der Waals surface area contributed by atoms with E-state index >= 15 is 0 Å². The molecule has 1 rings (SSSR count). The van der Waals surface area contributed by atoms with Gasteiger partial charge in [-0.15, -0.1) is 0 Å². The summed E-state index contributed by atoms with van der Waals surface area (Å²) >= 11 is 0. The third-order valence-electron chi connectivity index (χ3n) is 4.86. The van der Waals surface area contributed by atoms with Crippen LogP contribution in [-0.4, -0.2) is 36.6 Å². The Kier molecular flexibility index (Phi) is 7.55. The Morgan fingerprint density at radius 3 is 2.65 bits per heavy atom. The zero-order chi connectivity index (χ0) is 15.0. The highest BCUT2D eigenvalue weighted by molar-refractivity contribution is 5.06. The van der Waals surface area contributed by atoms with Crippen LogP contribution >= 0.6 is 0 Å². The SMILES string of the molecule is CCCNC(C#N)(CC)CCCN1CCC(C(C)C)C1. The lowest BCUT2D eigenvalue weighted by Gasteiger charge is -2.27. The average molecular weight is 279 g/mol. The molecule has 0 spiro atoms. The van der Waals surface area contributed by atoms with Gasteiger partial charge in [-0.3, -0.25) is 5.32 Å². The van der Waals surface area contributed by atoms with E-state index in [1.807, 2.05) is 0 Å². The molecule has 1 aliphatic heterocycles. The van der Waals surface area contributed by atoms with Crippen LogP contribution in [0.4, 0.5) is 0 Å². The molecule has 0 aliphatic carbocycles. The van der Waals surface area contributed by atoms with E-state index in [1.54, 1.807) is 0 Å². The number of nitrogens with zero attached hydrogens (tertiary/aromatic N) is 2. The largest absolute Gasteiger partial charge is 0.303 e. The lowest BCUT2D eigenvalue weighted by atomic mass is 9.91. The molecule has 0 aromatic carbocycles. The van der Waals surface area contributed by atoms with Crippen LogP contribution < -0.4 is 5.32 Å². The van der Waals surface area contributed by atoms with Gasteiger partial charge in [-0.1, -0.05) is 27.7 Å². The maximum atomic E-state index is 9.48. The first-order chi connectivity index (χ1) is 9.56. The van der Waals surface area contributed by atoms with Crippen LogP contribution in [-0.2, 0) is 0 Å². The number of likely N-dealkylation sites (tertiary alicyclic amines) is 1. The van der Waals surface area contributed by atoms with E-state index in [4.69, 9.17) is 0 Å². The van der Waals surface area contributed by atoms with Crippen molar-refractivity contribution < 1.29 is 0 Å². The Bertz CT molecular complexity index is 308. The predicted molar refractivity (Wildman–Crippen MR) is 85.5 cm³/mol. The first-order valence-corrected chi connectivity index (χ1v) is 8.45. The molecule has 0 aromatic heterocycles. The first kappa shape index (κ1) is 17.5. The van der Waals surface area contributed by atoms with Crippen molar-refractivity contribution in [3.05, 3.63) is 0 Å². The van der Waals surface area contributed by atoms with E-state index in [0.29, 0.717) is 0 Å². The van der Waals surface area contributed by atoms with Crippen molar-refractivity contribution in [2.24, 2.45) is 11.8 Å². The van der Waals surface area contributed by atoms with Crippen molar-refractivity contribution in [1.82, 2.24) is 10.2 Å². The third-order valence-corrected chi connectivity index (χ3v) is 4.86. The zero-order valence-electron chi connectivity index (χ0n) is 13.9. The molecule has 1 heterocycles. The number of nitriles is 1. The van der Waals surface area contributed by atoms with Gasteiger partial charge in [-0.25, -0.2) is 0 Å². The third kappa shape index (κ3) is 5.07. The number of rotatable bonds is 9. The van der Waals surface area contributed by atoms with E-state index < -0.39 is 0 Å². The van der Waals surface area contributed by atoms with Gasteiger partial charge in [-0.05, 0) is 63.6 Å². The second-order valence-corrected chi connectivity index (χ2v) is 6.67. The van der Waals surface area contributed by atoms with Crippen LogP contribution in [0.5, 0.6) is 0 Å². The molecule has 2 atom stereocenters. The molecule has 2 unspecified atom stereocenters. The van der Waals surface area contributed by atoms with Gasteiger partial charge in [0.25, 0.3) is 0 Å². The Morgan fingerprint density at radius 2 is 2.15 bits per heavy atom. The van der Waals surface area contributed by atoms with Crippen molar-refractivity contribution in [3.63, 3.8) is 0 Å². The molecular weight excluding hydrogens is 246 g/mol. The standard InChI is InChI=1S/C17H33N3/c1-5-10-19-17(6-2,14-18)9-7-11-20-12-8-16(13-20)15(3)4/h15-16,19H,5-13H2,1-4H3. The van der Waals surface area contributed by atoms with Crippen molar-refractivity contribution in [3.8, 4) is 6.07 Å². The summed E-state index contributed by atoms with van der Waals surface area (Å²) in [5.41, 5.74) is -0.298. The summed E-state index contributed by atoms with van der Waals surface area (Å²) in [4.78, 5) is 2.59. The summed E-state index contributed by atoms with van der Waals surface area (Å²) in [7, 11) is 0.